The van der Waals surface area contributed by atoms with Crippen LogP contribution in [0.3, 0.4) is 0 Å². The molecule has 2 saturated heterocycles. The van der Waals surface area contributed by atoms with E-state index in [1.54, 1.807) is 0 Å². The second kappa shape index (κ2) is 5.25. The first-order valence-corrected chi connectivity index (χ1v) is 7.44. The highest BCUT2D eigenvalue weighted by Crippen LogP contribution is 2.23. The Balaban J connectivity index is 1.35. The minimum absolute atomic E-state index is 0.882. The second-order valence-corrected chi connectivity index (χ2v) is 6.51. The van der Waals surface area contributed by atoms with Crippen molar-refractivity contribution >= 4 is 0 Å². The molecule has 98 valence electrons. The largest absolute Gasteiger partial charge is 0.314 e. The number of hydrogen-bond acceptors (Lipinski definition) is 3. The highest BCUT2D eigenvalue weighted by atomic mass is 15.2. The molecule has 3 aliphatic rings. The molecular weight excluding hydrogens is 210 g/mol. The van der Waals surface area contributed by atoms with Crippen molar-refractivity contribution in [2.75, 3.05) is 46.3 Å². The molecule has 2 unspecified atom stereocenters. The van der Waals surface area contributed by atoms with Crippen molar-refractivity contribution in [2.24, 2.45) is 11.8 Å². The highest BCUT2D eigenvalue weighted by Gasteiger charge is 2.28. The third-order valence-corrected chi connectivity index (χ3v) is 4.65. The molecule has 2 heterocycles. The summed E-state index contributed by atoms with van der Waals surface area (Å²) in [6.45, 7) is 7.94. The molecule has 0 aromatic carbocycles. The predicted molar refractivity (Wildman–Crippen MR) is 71.2 cm³/mol. The lowest BCUT2D eigenvalue weighted by Gasteiger charge is -2.20. The fraction of sp³-hybridized carbons (Fsp3) is 1.00. The van der Waals surface area contributed by atoms with E-state index in [1.807, 2.05) is 0 Å². The Morgan fingerprint density at radius 3 is 2.53 bits per heavy atom. The monoisotopic (exact) mass is 237 g/mol. The van der Waals surface area contributed by atoms with Crippen LogP contribution in [0.15, 0.2) is 0 Å². The van der Waals surface area contributed by atoms with E-state index in [0.29, 0.717) is 0 Å². The summed E-state index contributed by atoms with van der Waals surface area (Å²) in [5.41, 5.74) is 0. The third kappa shape index (κ3) is 3.43. The van der Waals surface area contributed by atoms with Crippen LogP contribution in [-0.4, -0.2) is 62.2 Å². The van der Waals surface area contributed by atoms with E-state index >= 15 is 0 Å². The van der Waals surface area contributed by atoms with Gasteiger partial charge in [-0.3, -0.25) is 0 Å². The Morgan fingerprint density at radius 1 is 1.00 bits per heavy atom. The summed E-state index contributed by atoms with van der Waals surface area (Å²) in [5, 5.41) is 3.68. The Labute approximate surface area is 106 Å². The fourth-order valence-corrected chi connectivity index (χ4v) is 3.41. The van der Waals surface area contributed by atoms with Gasteiger partial charge in [0.2, 0.25) is 0 Å². The molecule has 17 heavy (non-hydrogen) atoms. The topological polar surface area (TPSA) is 18.5 Å². The summed E-state index contributed by atoms with van der Waals surface area (Å²) in [6.07, 6.45) is 5.68. The Hall–Kier alpha value is -0.120. The average molecular weight is 237 g/mol. The molecule has 0 aromatic heterocycles. The van der Waals surface area contributed by atoms with Crippen LogP contribution in [0.4, 0.5) is 0 Å². The maximum Gasteiger partial charge on any atom is 0.00683 e. The number of nitrogens with zero attached hydrogens (tertiary/aromatic N) is 2. The van der Waals surface area contributed by atoms with E-state index in [0.717, 1.165) is 17.9 Å². The van der Waals surface area contributed by atoms with Crippen LogP contribution in [0.25, 0.3) is 0 Å². The molecule has 3 rings (SSSR count). The summed E-state index contributed by atoms with van der Waals surface area (Å²) in [7, 11) is 2.26. The zero-order valence-electron chi connectivity index (χ0n) is 11.2. The average Bonchev–Trinajstić information content (AvgIpc) is 2.90. The molecule has 3 nitrogen and oxygen atoms in total. The summed E-state index contributed by atoms with van der Waals surface area (Å²) >= 11 is 0. The van der Waals surface area contributed by atoms with E-state index in [9.17, 15) is 0 Å². The standard InChI is InChI=1S/C14H27N3/c1-16-6-4-13(9-16)11-17-7-5-12(10-17)8-15-14-2-3-14/h12-15H,2-11H2,1H3. The summed E-state index contributed by atoms with van der Waals surface area (Å²) in [6, 6.07) is 0.882. The minimum atomic E-state index is 0.882. The van der Waals surface area contributed by atoms with Gasteiger partial charge in [-0.1, -0.05) is 0 Å². The van der Waals surface area contributed by atoms with Crippen molar-refractivity contribution in [3.63, 3.8) is 0 Å². The molecule has 1 aliphatic carbocycles. The predicted octanol–water partition coefficient (Wildman–Crippen LogP) is 1.01. The van der Waals surface area contributed by atoms with E-state index in [1.165, 1.54) is 65.0 Å². The molecule has 2 atom stereocenters. The first-order chi connectivity index (χ1) is 8.29. The van der Waals surface area contributed by atoms with Gasteiger partial charge in [0.1, 0.15) is 0 Å². The molecule has 0 amide bonds. The van der Waals surface area contributed by atoms with Crippen molar-refractivity contribution in [1.82, 2.24) is 15.1 Å². The molecule has 3 heteroatoms. The van der Waals surface area contributed by atoms with E-state index in [2.05, 4.69) is 22.2 Å². The SMILES string of the molecule is CN1CCC(CN2CCC(CNC3CC3)C2)C1. The normalized spacial score (nSPS) is 35.8. The van der Waals surface area contributed by atoms with Gasteiger partial charge >= 0.3 is 0 Å². The highest BCUT2D eigenvalue weighted by molar-refractivity contribution is 4.86. The maximum atomic E-state index is 3.68. The van der Waals surface area contributed by atoms with E-state index < -0.39 is 0 Å². The van der Waals surface area contributed by atoms with Gasteiger partial charge in [-0.2, -0.15) is 0 Å². The van der Waals surface area contributed by atoms with Gasteiger partial charge in [0, 0.05) is 25.7 Å². The lowest BCUT2D eigenvalue weighted by molar-refractivity contribution is 0.265. The van der Waals surface area contributed by atoms with Crippen molar-refractivity contribution in [3.8, 4) is 0 Å². The quantitative estimate of drug-likeness (QED) is 0.770. The van der Waals surface area contributed by atoms with Crippen LogP contribution in [0.5, 0.6) is 0 Å². The van der Waals surface area contributed by atoms with E-state index in [4.69, 9.17) is 0 Å². The van der Waals surface area contributed by atoms with Gasteiger partial charge in [0.25, 0.3) is 0 Å². The lowest BCUT2D eigenvalue weighted by Crippen LogP contribution is -2.31. The van der Waals surface area contributed by atoms with Crippen LogP contribution >= 0.6 is 0 Å². The summed E-state index contributed by atoms with van der Waals surface area (Å²) in [4.78, 5) is 5.19. The molecular formula is C14H27N3. The Morgan fingerprint density at radius 2 is 1.82 bits per heavy atom. The summed E-state index contributed by atoms with van der Waals surface area (Å²) < 4.78 is 0. The Kier molecular flexibility index (Phi) is 3.69. The first-order valence-electron chi connectivity index (χ1n) is 7.44. The van der Waals surface area contributed by atoms with Crippen LogP contribution in [0, 0.1) is 11.8 Å². The van der Waals surface area contributed by atoms with Crippen LogP contribution < -0.4 is 5.32 Å². The molecule has 1 N–H and O–H groups in total. The van der Waals surface area contributed by atoms with Crippen LogP contribution in [0.2, 0.25) is 0 Å². The van der Waals surface area contributed by atoms with E-state index in [-0.39, 0.29) is 0 Å². The summed E-state index contributed by atoms with van der Waals surface area (Å²) in [5.74, 6) is 1.87. The first kappa shape index (κ1) is 11.9. The maximum absolute atomic E-state index is 3.68. The molecule has 2 aliphatic heterocycles. The number of nitrogens with one attached hydrogen (secondary N) is 1. The minimum Gasteiger partial charge on any atom is -0.314 e. The second-order valence-electron chi connectivity index (χ2n) is 6.51. The van der Waals surface area contributed by atoms with Crippen molar-refractivity contribution in [3.05, 3.63) is 0 Å². The molecule has 0 aromatic rings. The number of hydrogen-bond donors (Lipinski definition) is 1. The molecule has 0 radical (unpaired) electrons. The van der Waals surface area contributed by atoms with Crippen molar-refractivity contribution in [2.45, 2.75) is 31.7 Å². The molecule has 0 spiro atoms. The van der Waals surface area contributed by atoms with Crippen LogP contribution in [-0.2, 0) is 0 Å². The fourth-order valence-electron chi connectivity index (χ4n) is 3.41. The van der Waals surface area contributed by atoms with Crippen molar-refractivity contribution < 1.29 is 0 Å². The van der Waals surface area contributed by atoms with Gasteiger partial charge in [-0.05, 0) is 64.2 Å². The number of likely N-dealkylation sites (tertiary alicyclic amines) is 2. The van der Waals surface area contributed by atoms with Crippen molar-refractivity contribution in [1.29, 1.82) is 0 Å². The number of rotatable bonds is 5. The molecule has 3 fully saturated rings. The molecule has 0 bridgehead atoms. The van der Waals surface area contributed by atoms with Gasteiger partial charge < -0.3 is 15.1 Å². The van der Waals surface area contributed by atoms with Gasteiger partial charge in [-0.25, -0.2) is 0 Å². The lowest BCUT2D eigenvalue weighted by atomic mass is 10.1. The smallest absolute Gasteiger partial charge is 0.00683 e. The van der Waals surface area contributed by atoms with Gasteiger partial charge in [0.05, 0.1) is 0 Å². The third-order valence-electron chi connectivity index (χ3n) is 4.65. The Bertz CT molecular complexity index is 252. The zero-order valence-corrected chi connectivity index (χ0v) is 11.2. The van der Waals surface area contributed by atoms with Gasteiger partial charge in [0.15, 0.2) is 0 Å². The molecule has 1 saturated carbocycles. The zero-order chi connectivity index (χ0) is 11.7. The van der Waals surface area contributed by atoms with Crippen LogP contribution in [0.1, 0.15) is 25.7 Å². The van der Waals surface area contributed by atoms with Gasteiger partial charge in [-0.15, -0.1) is 0 Å².